The predicted molar refractivity (Wildman–Crippen MR) is 149 cm³/mol. The molecule has 1 N–H and O–H groups in total. The molecule has 0 aliphatic heterocycles. The highest BCUT2D eigenvalue weighted by Gasteiger charge is 2.42. The summed E-state index contributed by atoms with van der Waals surface area (Å²) in [5.74, 6) is -0.165. The Morgan fingerprint density at radius 2 is 1.84 bits per heavy atom. The lowest BCUT2D eigenvalue weighted by atomic mass is 9.63. The monoisotopic (exact) mass is 517 g/mol. The number of aromatic nitrogens is 1. The molecule has 0 saturated heterocycles. The van der Waals surface area contributed by atoms with Crippen LogP contribution in [0, 0.1) is 18.3 Å². The number of hydrogen-bond donors (Lipinski definition) is 1. The lowest BCUT2D eigenvalue weighted by Gasteiger charge is -2.43. The molecular weight excluding hydrogens is 480 g/mol. The zero-order valence-electron chi connectivity index (χ0n) is 22.1. The Morgan fingerprint density at radius 1 is 1.11 bits per heavy atom. The van der Waals surface area contributed by atoms with Crippen LogP contribution in [0.5, 0.6) is 5.19 Å². The fourth-order valence-corrected chi connectivity index (χ4v) is 5.50. The Bertz CT molecular complexity index is 1170. The fraction of sp³-hybridized carbons (Fsp3) is 0.419. The van der Waals surface area contributed by atoms with Crippen LogP contribution < -0.4 is 10.1 Å². The van der Waals surface area contributed by atoms with Gasteiger partial charge < -0.3 is 10.1 Å². The number of amides is 1. The van der Waals surface area contributed by atoms with Gasteiger partial charge in [-0.05, 0) is 45.1 Å². The van der Waals surface area contributed by atoms with Gasteiger partial charge in [-0.25, -0.2) is 4.98 Å². The number of nitrogens with zero attached hydrogens (tertiary/aromatic N) is 1. The highest BCUT2D eigenvalue weighted by molar-refractivity contribution is 7.11. The Hall–Kier alpha value is -2.99. The van der Waals surface area contributed by atoms with Gasteiger partial charge in [-0.2, -0.15) is 0 Å². The van der Waals surface area contributed by atoms with Crippen LogP contribution in [0.25, 0.3) is 11.3 Å². The lowest BCUT2D eigenvalue weighted by molar-refractivity contribution is -0.137. The SMILES string of the molecule is CCCC[C](CC1(COc2nc(-c3ccc(C)cc3)cs2)CCC1)C(=O)C(=O)N[C@@H](C)c1ccccc1. The third kappa shape index (κ3) is 7.07. The molecule has 1 radical (unpaired) electrons. The number of hydrogen-bond acceptors (Lipinski definition) is 5. The number of carbonyl (C=O) groups is 2. The van der Waals surface area contributed by atoms with Gasteiger partial charge in [0.1, 0.15) is 0 Å². The lowest BCUT2D eigenvalue weighted by Crippen LogP contribution is -2.42. The summed E-state index contributed by atoms with van der Waals surface area (Å²) in [6.07, 6.45) is 6.23. The number of ether oxygens (including phenoxy) is 1. The third-order valence-electron chi connectivity index (χ3n) is 7.34. The maximum Gasteiger partial charge on any atom is 0.288 e. The number of thiazole rings is 1. The van der Waals surface area contributed by atoms with Crippen molar-refractivity contribution in [3.63, 3.8) is 0 Å². The molecule has 1 saturated carbocycles. The van der Waals surface area contributed by atoms with Crippen LogP contribution in [0.15, 0.2) is 60.0 Å². The van der Waals surface area contributed by atoms with E-state index in [1.165, 1.54) is 16.9 Å². The van der Waals surface area contributed by atoms with Crippen molar-refractivity contribution in [1.82, 2.24) is 10.3 Å². The van der Waals surface area contributed by atoms with Crippen molar-refractivity contribution in [3.05, 3.63) is 77.0 Å². The molecule has 1 fully saturated rings. The van der Waals surface area contributed by atoms with E-state index in [9.17, 15) is 9.59 Å². The van der Waals surface area contributed by atoms with Crippen LogP contribution in [0.3, 0.4) is 0 Å². The molecule has 1 heterocycles. The molecule has 0 spiro atoms. The van der Waals surface area contributed by atoms with E-state index < -0.39 is 5.91 Å². The summed E-state index contributed by atoms with van der Waals surface area (Å²) in [5, 5.41) is 5.58. The molecule has 1 amide bonds. The minimum atomic E-state index is -0.513. The molecule has 1 aromatic heterocycles. The van der Waals surface area contributed by atoms with Crippen molar-refractivity contribution in [2.24, 2.45) is 5.41 Å². The first-order valence-electron chi connectivity index (χ1n) is 13.3. The van der Waals surface area contributed by atoms with E-state index in [2.05, 4.69) is 48.4 Å². The minimum absolute atomic E-state index is 0.111. The molecule has 1 aliphatic rings. The molecule has 3 aromatic rings. The van der Waals surface area contributed by atoms with Gasteiger partial charge in [0.15, 0.2) is 0 Å². The highest BCUT2D eigenvalue weighted by Crippen LogP contribution is 2.48. The molecule has 195 valence electrons. The van der Waals surface area contributed by atoms with Crippen LogP contribution >= 0.6 is 11.3 Å². The van der Waals surface area contributed by atoms with Crippen LogP contribution in [0.2, 0.25) is 0 Å². The average Bonchev–Trinajstić information content (AvgIpc) is 3.37. The van der Waals surface area contributed by atoms with E-state index in [1.54, 1.807) is 0 Å². The van der Waals surface area contributed by atoms with Gasteiger partial charge >= 0.3 is 0 Å². The Kier molecular flexibility index (Phi) is 9.14. The van der Waals surface area contributed by atoms with Crippen molar-refractivity contribution in [2.45, 2.75) is 71.8 Å². The summed E-state index contributed by atoms with van der Waals surface area (Å²) in [7, 11) is 0. The van der Waals surface area contributed by atoms with Crippen LogP contribution in [-0.4, -0.2) is 23.3 Å². The molecule has 1 atom stereocenters. The molecule has 4 rings (SSSR count). The first kappa shape index (κ1) is 27.1. The molecular formula is C31H37N2O3S. The number of benzene rings is 2. The third-order valence-corrected chi connectivity index (χ3v) is 8.09. The highest BCUT2D eigenvalue weighted by atomic mass is 32.1. The largest absolute Gasteiger partial charge is 0.469 e. The fourth-order valence-electron chi connectivity index (χ4n) is 4.82. The van der Waals surface area contributed by atoms with Gasteiger partial charge in [0.2, 0.25) is 5.78 Å². The van der Waals surface area contributed by atoms with E-state index in [1.807, 2.05) is 42.6 Å². The van der Waals surface area contributed by atoms with Crippen molar-refractivity contribution in [2.75, 3.05) is 6.61 Å². The Labute approximate surface area is 224 Å². The van der Waals surface area contributed by atoms with E-state index in [-0.39, 0.29) is 17.2 Å². The van der Waals surface area contributed by atoms with E-state index >= 15 is 0 Å². The summed E-state index contributed by atoms with van der Waals surface area (Å²) in [5.41, 5.74) is 4.08. The van der Waals surface area contributed by atoms with Crippen molar-refractivity contribution < 1.29 is 14.3 Å². The molecule has 2 aromatic carbocycles. The molecule has 5 nitrogen and oxygen atoms in total. The Balaban J connectivity index is 1.38. The molecule has 37 heavy (non-hydrogen) atoms. The second-order valence-electron chi connectivity index (χ2n) is 10.3. The first-order chi connectivity index (χ1) is 17.9. The quantitative estimate of drug-likeness (QED) is 0.242. The topological polar surface area (TPSA) is 68.3 Å². The van der Waals surface area contributed by atoms with Crippen LogP contribution in [0.1, 0.15) is 76.0 Å². The van der Waals surface area contributed by atoms with E-state index in [0.717, 1.165) is 54.8 Å². The van der Waals surface area contributed by atoms with Gasteiger partial charge in [0, 0.05) is 16.4 Å². The number of carbonyl (C=O) groups excluding carboxylic acids is 2. The summed E-state index contributed by atoms with van der Waals surface area (Å²) >= 11 is 1.50. The predicted octanol–water partition coefficient (Wildman–Crippen LogP) is 7.27. The molecule has 1 aliphatic carbocycles. The molecule has 0 unspecified atom stereocenters. The summed E-state index contributed by atoms with van der Waals surface area (Å²) in [6, 6.07) is 17.8. The van der Waals surface area contributed by atoms with E-state index in [0.29, 0.717) is 24.6 Å². The normalized spacial score (nSPS) is 15.1. The second kappa shape index (κ2) is 12.5. The maximum absolute atomic E-state index is 13.3. The number of nitrogens with one attached hydrogen (secondary N) is 1. The van der Waals surface area contributed by atoms with Crippen molar-refractivity contribution in [3.8, 4) is 16.5 Å². The zero-order valence-corrected chi connectivity index (χ0v) is 22.9. The van der Waals surface area contributed by atoms with Gasteiger partial charge in [0.25, 0.3) is 11.1 Å². The number of Topliss-reactive ketones (excluding diaryl/α,β-unsaturated/α-hetero) is 1. The Morgan fingerprint density at radius 3 is 2.49 bits per heavy atom. The van der Waals surface area contributed by atoms with Gasteiger partial charge in [-0.1, -0.05) is 97.7 Å². The maximum atomic E-state index is 13.3. The summed E-state index contributed by atoms with van der Waals surface area (Å²) in [6.45, 7) is 6.60. The van der Waals surface area contributed by atoms with Crippen LogP contribution in [-0.2, 0) is 9.59 Å². The van der Waals surface area contributed by atoms with Gasteiger partial charge in [0.05, 0.1) is 24.3 Å². The minimum Gasteiger partial charge on any atom is -0.469 e. The average molecular weight is 518 g/mol. The molecule has 6 heteroatoms. The van der Waals surface area contributed by atoms with Crippen LogP contribution in [0.4, 0.5) is 0 Å². The van der Waals surface area contributed by atoms with Crippen molar-refractivity contribution >= 4 is 23.0 Å². The number of aryl methyl sites for hydroxylation is 1. The molecule has 0 bridgehead atoms. The summed E-state index contributed by atoms with van der Waals surface area (Å²) in [4.78, 5) is 30.9. The zero-order chi connectivity index (χ0) is 26.3. The number of unbranched alkanes of at least 4 members (excludes halogenated alkanes) is 1. The summed E-state index contributed by atoms with van der Waals surface area (Å²) < 4.78 is 6.19. The van der Waals surface area contributed by atoms with Crippen molar-refractivity contribution in [1.29, 1.82) is 0 Å². The van der Waals surface area contributed by atoms with E-state index in [4.69, 9.17) is 4.74 Å². The number of rotatable bonds is 13. The first-order valence-corrected chi connectivity index (χ1v) is 14.2. The number of ketones is 1. The smallest absolute Gasteiger partial charge is 0.288 e. The second-order valence-corrected chi connectivity index (χ2v) is 11.1. The van der Waals surface area contributed by atoms with Gasteiger partial charge in [-0.3, -0.25) is 9.59 Å². The van der Waals surface area contributed by atoms with Gasteiger partial charge in [-0.15, -0.1) is 0 Å². The standard InChI is InChI=1S/C31H37N2O3S/c1-4-5-10-26(28(34)29(35)32-23(3)24-11-7-6-8-12-24)19-31(17-9-18-31)21-36-30-33-27(20-37-30)25-15-13-22(2)14-16-25/h6-8,11-16,20,23H,4-5,9-10,17-19,21H2,1-3H3,(H,32,35)/t23-/m0/s1.